The molecule has 1 aliphatic rings. The van der Waals surface area contributed by atoms with Gasteiger partial charge in [0.2, 0.25) is 0 Å². The Balaban J connectivity index is 3.00. The Morgan fingerprint density at radius 1 is 1.50 bits per heavy atom. The van der Waals surface area contributed by atoms with Crippen molar-refractivity contribution in [2.75, 3.05) is 0 Å². The number of halogens is 2. The summed E-state index contributed by atoms with van der Waals surface area (Å²) in [6, 6.07) is 0. The zero-order valence-electron chi connectivity index (χ0n) is 3.38. The summed E-state index contributed by atoms with van der Waals surface area (Å²) in [5.41, 5.74) is 0. The minimum atomic E-state index is -5.73. The van der Waals surface area contributed by atoms with Gasteiger partial charge in [-0.3, -0.25) is 0 Å². The monoisotopic (exact) mass is 165 g/mol. The van der Waals surface area contributed by atoms with Crippen LogP contribution in [0.5, 0.6) is 0 Å². The fourth-order valence-corrected chi connectivity index (χ4v) is 1.37. The third-order valence-electron chi connectivity index (χ3n) is 0.583. The van der Waals surface area contributed by atoms with Crippen LogP contribution in [0.25, 0.3) is 0 Å². The predicted octanol–water partition coefficient (Wildman–Crippen LogP) is 0.200. The van der Waals surface area contributed by atoms with Gasteiger partial charge in [-0.05, 0) is 0 Å². The molecule has 50 valence electrons. The summed E-state index contributed by atoms with van der Waals surface area (Å²) < 4.78 is 46.1. The van der Waals surface area contributed by atoms with Gasteiger partial charge >= 0.3 is 43.8 Å². The van der Waals surface area contributed by atoms with Crippen molar-refractivity contribution in [1.29, 1.82) is 0 Å². The van der Waals surface area contributed by atoms with Crippen molar-refractivity contribution in [3.8, 4) is 0 Å². The summed E-state index contributed by atoms with van der Waals surface area (Å²) in [6.07, 6.45) is 0. The van der Waals surface area contributed by atoms with Gasteiger partial charge in [0.1, 0.15) is 0 Å². The molecular formula is H2F2NO3PS. The number of rotatable bonds is 1. The summed E-state index contributed by atoms with van der Waals surface area (Å²) in [7, 11) is -3.75. The van der Waals surface area contributed by atoms with Crippen LogP contribution in [0.2, 0.25) is 0 Å². The Bertz CT molecular complexity index is 181. The summed E-state index contributed by atoms with van der Waals surface area (Å²) >= 11 is 0. The summed E-state index contributed by atoms with van der Waals surface area (Å²) in [6.45, 7) is -5.73. The molecule has 1 N–H and O–H groups in total. The molecule has 0 aromatic rings. The minimum absolute atomic E-state index is 1.09. The van der Waals surface area contributed by atoms with Gasteiger partial charge in [-0.15, -0.1) is 0 Å². The van der Waals surface area contributed by atoms with Crippen LogP contribution in [0.4, 0.5) is 8.39 Å². The van der Waals surface area contributed by atoms with Gasteiger partial charge < -0.3 is 0 Å². The molecule has 0 aromatic carbocycles. The summed E-state index contributed by atoms with van der Waals surface area (Å²) in [5.74, 6) is 0. The molecule has 0 radical (unpaired) electrons. The Hall–Kier alpha value is 0.160. The van der Waals surface area contributed by atoms with Crippen LogP contribution >= 0.6 is 6.80 Å². The maximum absolute atomic E-state index is 11.8. The molecule has 0 spiro atoms. The van der Waals surface area contributed by atoms with Crippen molar-refractivity contribution < 1.29 is 21.4 Å². The van der Waals surface area contributed by atoms with Gasteiger partial charge in [-0.2, -0.15) is 0 Å². The van der Waals surface area contributed by atoms with Crippen molar-refractivity contribution in [1.82, 2.24) is 5.25 Å². The van der Waals surface area contributed by atoms with Crippen LogP contribution in [0.1, 0.15) is 0 Å². The van der Waals surface area contributed by atoms with E-state index in [-0.39, 0.29) is 0 Å². The van der Waals surface area contributed by atoms with Gasteiger partial charge in [-0.1, -0.05) is 0 Å². The van der Waals surface area contributed by atoms with Gasteiger partial charge in [0.05, 0.1) is 0 Å². The molecule has 0 unspecified atom stereocenters. The van der Waals surface area contributed by atoms with Gasteiger partial charge in [0, 0.05) is 0 Å². The van der Waals surface area contributed by atoms with E-state index in [0.717, 1.165) is 5.25 Å². The van der Waals surface area contributed by atoms with Crippen LogP contribution in [0.15, 0.2) is 0 Å². The van der Waals surface area contributed by atoms with Gasteiger partial charge in [0.15, 0.2) is 0 Å². The number of thiol groups is 1. The molecule has 1 saturated heterocycles. The van der Waals surface area contributed by atoms with E-state index in [0.29, 0.717) is 0 Å². The molecule has 8 heavy (non-hydrogen) atoms. The fraction of sp³-hybridized carbons (Fsp3) is 0. The Kier molecular flexibility index (Phi) is 0.928. The van der Waals surface area contributed by atoms with E-state index in [1.807, 2.05) is 0 Å². The summed E-state index contributed by atoms with van der Waals surface area (Å²) in [4.78, 5) is 0. The molecule has 1 rings (SSSR count). The van der Waals surface area contributed by atoms with Crippen molar-refractivity contribution in [3.63, 3.8) is 0 Å². The van der Waals surface area contributed by atoms with Crippen molar-refractivity contribution in [3.05, 3.63) is 0 Å². The average molecular weight is 165 g/mol. The molecule has 1 heterocycles. The molecule has 1 aliphatic heterocycles. The quantitative estimate of drug-likeness (QED) is 0.331. The standard InChI is InChI=1S/F2H2NO3PS/c1-7(2,3-6-7)8(4)5/h3,8H. The zero-order chi connectivity index (χ0) is 6.44. The molecule has 1 fully saturated rings. The van der Waals surface area contributed by atoms with E-state index in [9.17, 15) is 16.8 Å². The van der Waals surface area contributed by atoms with Crippen LogP contribution in [0.3, 0.4) is 0 Å². The van der Waals surface area contributed by atoms with Crippen molar-refractivity contribution in [2.45, 2.75) is 0 Å². The van der Waals surface area contributed by atoms with Gasteiger partial charge in [0.25, 0.3) is 0 Å². The molecule has 4 nitrogen and oxygen atoms in total. The molecule has 0 atom stereocenters. The van der Waals surface area contributed by atoms with E-state index in [4.69, 9.17) is 0 Å². The molecule has 0 bridgehead atoms. The second kappa shape index (κ2) is 1.18. The first-order chi connectivity index (χ1) is 3.44. The van der Waals surface area contributed by atoms with Crippen LogP contribution in [0, 0.1) is 0 Å². The molecule has 8 heteroatoms. The van der Waals surface area contributed by atoms with E-state index >= 15 is 0 Å². The first-order valence-electron chi connectivity index (χ1n) is 1.51. The van der Waals surface area contributed by atoms with E-state index in [1.54, 1.807) is 0 Å². The third-order valence-corrected chi connectivity index (χ3v) is 3.87. The number of nitrogens with one attached hydrogen (secondary N) is 1. The first-order valence-corrected chi connectivity index (χ1v) is 5.33. The molecule has 0 amide bonds. The van der Waals surface area contributed by atoms with E-state index < -0.39 is 17.1 Å². The normalized spacial score (nSPS) is 35.6. The topological polar surface area (TPSA) is 68.6 Å². The van der Waals surface area contributed by atoms with E-state index in [1.165, 1.54) is 0 Å². The van der Waals surface area contributed by atoms with Crippen molar-refractivity contribution in [2.24, 2.45) is 0 Å². The molecular weight excluding hydrogens is 163 g/mol. The number of hydrogen-bond acceptors (Lipinski definition) is 4. The van der Waals surface area contributed by atoms with Gasteiger partial charge in [-0.25, -0.2) is 0 Å². The van der Waals surface area contributed by atoms with Crippen LogP contribution in [-0.4, -0.2) is 8.42 Å². The van der Waals surface area contributed by atoms with Crippen LogP contribution in [-0.2, 0) is 14.9 Å². The maximum atomic E-state index is 11.8. The second-order valence-electron chi connectivity index (χ2n) is 1.22. The second-order valence-corrected chi connectivity index (χ2v) is 6.62. The molecule has 0 aliphatic carbocycles. The van der Waals surface area contributed by atoms with E-state index in [2.05, 4.69) is 4.62 Å². The first kappa shape index (κ1) is 6.28. The van der Waals surface area contributed by atoms with Crippen LogP contribution < -0.4 is 5.25 Å². The number of hydrogen-bond donors (Lipinski definition) is 2. The Labute approximate surface area is 44.8 Å². The summed E-state index contributed by atoms with van der Waals surface area (Å²) in [5, 5.41) is 1.09. The average Bonchev–Trinajstić information content (AvgIpc) is 2.18. The predicted molar refractivity (Wildman–Crippen MR) is 23.7 cm³/mol. The zero-order valence-corrected chi connectivity index (χ0v) is 5.16. The van der Waals surface area contributed by atoms with Crippen molar-refractivity contribution >= 4 is 17.1 Å². The molecule has 0 saturated carbocycles. The fourth-order valence-electron chi connectivity index (χ4n) is 0.116. The third kappa shape index (κ3) is 0.714. The Morgan fingerprint density at radius 3 is 1.88 bits per heavy atom. The Morgan fingerprint density at radius 2 is 1.88 bits per heavy atom. The molecule has 0 aromatic heterocycles. The SMILES string of the molecule is O=[SH](=O)P1(F)(F)NO1.